The molecule has 0 saturated carbocycles. The Balaban J connectivity index is 1.62. The fourth-order valence-electron chi connectivity index (χ4n) is 6.15. The summed E-state index contributed by atoms with van der Waals surface area (Å²) in [5.41, 5.74) is 8.25. The van der Waals surface area contributed by atoms with Crippen LogP contribution in [0.1, 0.15) is 33.4 Å². The molecule has 1 spiro atoms. The minimum Gasteiger partial charge on any atom is -0.457 e. The highest BCUT2D eigenvalue weighted by molar-refractivity contribution is 9.10. The molecule has 0 N–H and O–H groups in total. The molecular formula is C33H19BrO2. The molecule has 1 aromatic heterocycles. The third-order valence-electron chi connectivity index (χ3n) is 7.62. The Bertz CT molecular complexity index is 1890. The molecule has 1 unspecified atom stereocenters. The van der Waals surface area contributed by atoms with Crippen LogP contribution < -0.4 is 4.74 Å². The van der Waals surface area contributed by atoms with Gasteiger partial charge in [0.05, 0.1) is 5.41 Å². The Morgan fingerprint density at radius 2 is 1.28 bits per heavy atom. The van der Waals surface area contributed by atoms with Crippen molar-refractivity contribution in [3.05, 3.63) is 141 Å². The predicted octanol–water partition coefficient (Wildman–Crippen LogP) is 9.32. The number of ether oxygens (including phenoxy) is 1. The summed E-state index contributed by atoms with van der Waals surface area (Å²) < 4.78 is 13.9. The Kier molecular flexibility index (Phi) is 4.04. The Morgan fingerprint density at radius 3 is 2.19 bits per heavy atom. The molecule has 170 valence electrons. The molecule has 2 aliphatic rings. The van der Waals surface area contributed by atoms with Crippen LogP contribution in [-0.4, -0.2) is 0 Å². The molecule has 0 bridgehead atoms. The molecular weight excluding hydrogens is 508 g/mol. The van der Waals surface area contributed by atoms with Gasteiger partial charge in [0.15, 0.2) is 0 Å². The van der Waals surface area contributed by atoms with Crippen molar-refractivity contribution in [3.63, 3.8) is 0 Å². The summed E-state index contributed by atoms with van der Waals surface area (Å²) in [7, 11) is 0. The maximum absolute atomic E-state index is 6.62. The summed E-state index contributed by atoms with van der Waals surface area (Å²) in [4.78, 5) is 0. The molecule has 2 nitrogen and oxygen atoms in total. The fourth-order valence-corrected chi connectivity index (χ4v) is 6.51. The van der Waals surface area contributed by atoms with Crippen LogP contribution in [0, 0.1) is 0 Å². The van der Waals surface area contributed by atoms with Gasteiger partial charge in [-0.1, -0.05) is 94.8 Å². The fraction of sp³-hybridized carbons (Fsp3) is 0.0303. The second kappa shape index (κ2) is 7.22. The summed E-state index contributed by atoms with van der Waals surface area (Å²) in [5, 5.41) is 2.21. The molecule has 0 amide bonds. The van der Waals surface area contributed by atoms with Gasteiger partial charge in [0.2, 0.25) is 0 Å². The third-order valence-corrected chi connectivity index (χ3v) is 8.11. The van der Waals surface area contributed by atoms with Crippen LogP contribution in [0.4, 0.5) is 0 Å². The maximum Gasteiger partial charge on any atom is 0.139 e. The molecule has 2 heterocycles. The molecule has 1 aliphatic carbocycles. The second-order valence-electron chi connectivity index (χ2n) is 9.44. The van der Waals surface area contributed by atoms with Crippen LogP contribution in [0.25, 0.3) is 34.1 Å². The molecule has 6 aromatic rings. The van der Waals surface area contributed by atoms with Crippen LogP contribution in [0.5, 0.6) is 11.5 Å². The van der Waals surface area contributed by atoms with Crippen molar-refractivity contribution < 1.29 is 9.15 Å². The zero-order valence-electron chi connectivity index (χ0n) is 19.2. The van der Waals surface area contributed by atoms with Crippen molar-refractivity contribution in [1.29, 1.82) is 0 Å². The first kappa shape index (κ1) is 20.1. The number of rotatable bonds is 0. The number of fused-ring (bicyclic) bond motifs is 11. The number of hydrogen-bond donors (Lipinski definition) is 0. The predicted molar refractivity (Wildman–Crippen MR) is 149 cm³/mol. The van der Waals surface area contributed by atoms with E-state index in [4.69, 9.17) is 9.15 Å². The van der Waals surface area contributed by atoms with Crippen LogP contribution in [0.15, 0.2) is 112 Å². The van der Waals surface area contributed by atoms with Crippen molar-refractivity contribution in [2.75, 3.05) is 0 Å². The van der Waals surface area contributed by atoms with Crippen LogP contribution in [0.2, 0.25) is 0 Å². The van der Waals surface area contributed by atoms with Gasteiger partial charge >= 0.3 is 0 Å². The van der Waals surface area contributed by atoms with Gasteiger partial charge in [-0.2, -0.15) is 0 Å². The summed E-state index contributed by atoms with van der Waals surface area (Å²) in [6, 6.07) is 36.3. The highest BCUT2D eigenvalue weighted by Crippen LogP contribution is 2.58. The van der Waals surface area contributed by atoms with Gasteiger partial charge < -0.3 is 9.15 Å². The minimum absolute atomic E-state index is 0.573. The molecule has 0 fully saturated rings. The highest BCUT2D eigenvalue weighted by atomic mass is 79.9. The van der Waals surface area contributed by atoms with Crippen molar-refractivity contribution in [2.24, 2.45) is 0 Å². The Labute approximate surface area is 216 Å². The summed E-state index contributed by atoms with van der Waals surface area (Å²) >= 11 is 3.78. The summed E-state index contributed by atoms with van der Waals surface area (Å²) in [6.45, 7) is 0. The first-order valence-corrected chi connectivity index (χ1v) is 12.8. The van der Waals surface area contributed by atoms with Crippen molar-refractivity contribution in [2.45, 2.75) is 5.41 Å². The average Bonchev–Trinajstić information content (AvgIpc) is 3.21. The SMILES string of the molecule is Brc1ccc2c(c1)C1(c3ccccc3C=C2)c2ccccc2Oc2cc3oc4ccccc4c3cc21. The molecule has 0 radical (unpaired) electrons. The van der Waals surface area contributed by atoms with E-state index in [2.05, 4.69) is 113 Å². The van der Waals surface area contributed by atoms with E-state index in [-0.39, 0.29) is 0 Å². The largest absolute Gasteiger partial charge is 0.457 e. The smallest absolute Gasteiger partial charge is 0.139 e. The molecule has 5 aromatic carbocycles. The van der Waals surface area contributed by atoms with E-state index in [1.165, 1.54) is 22.3 Å². The first-order valence-electron chi connectivity index (χ1n) is 12.0. The second-order valence-corrected chi connectivity index (χ2v) is 10.4. The van der Waals surface area contributed by atoms with Gasteiger partial charge in [0.1, 0.15) is 22.7 Å². The van der Waals surface area contributed by atoms with Crippen LogP contribution >= 0.6 is 15.9 Å². The quantitative estimate of drug-likeness (QED) is 0.196. The third kappa shape index (κ3) is 2.56. The molecule has 36 heavy (non-hydrogen) atoms. The lowest BCUT2D eigenvalue weighted by Gasteiger charge is -2.42. The normalized spacial score (nSPS) is 17.2. The first-order chi connectivity index (χ1) is 17.7. The molecule has 1 atom stereocenters. The number of halogens is 1. The zero-order valence-corrected chi connectivity index (χ0v) is 20.8. The zero-order chi connectivity index (χ0) is 23.9. The Morgan fingerprint density at radius 1 is 0.528 bits per heavy atom. The Hall–Kier alpha value is -4.08. The average molecular weight is 527 g/mol. The van der Waals surface area contributed by atoms with E-state index in [1.54, 1.807) is 0 Å². The lowest BCUT2D eigenvalue weighted by molar-refractivity contribution is 0.434. The van der Waals surface area contributed by atoms with E-state index < -0.39 is 5.41 Å². The van der Waals surface area contributed by atoms with Crippen molar-refractivity contribution in [1.82, 2.24) is 0 Å². The number of furan rings is 1. The van der Waals surface area contributed by atoms with Crippen LogP contribution in [0.3, 0.4) is 0 Å². The van der Waals surface area contributed by atoms with E-state index in [0.717, 1.165) is 49.0 Å². The van der Waals surface area contributed by atoms with Gasteiger partial charge in [-0.25, -0.2) is 0 Å². The van der Waals surface area contributed by atoms with Crippen molar-refractivity contribution in [3.8, 4) is 11.5 Å². The van der Waals surface area contributed by atoms with E-state index >= 15 is 0 Å². The van der Waals surface area contributed by atoms with E-state index in [0.29, 0.717) is 0 Å². The van der Waals surface area contributed by atoms with Crippen molar-refractivity contribution >= 4 is 50.0 Å². The molecule has 3 heteroatoms. The van der Waals surface area contributed by atoms with Gasteiger partial charge in [0.25, 0.3) is 0 Å². The molecule has 1 aliphatic heterocycles. The lowest BCUT2D eigenvalue weighted by atomic mass is 9.62. The summed E-state index contributed by atoms with van der Waals surface area (Å²) in [5.74, 6) is 1.69. The maximum atomic E-state index is 6.62. The summed E-state index contributed by atoms with van der Waals surface area (Å²) in [6.07, 6.45) is 4.47. The number of hydrogen-bond acceptors (Lipinski definition) is 2. The number of para-hydroxylation sites is 2. The van der Waals surface area contributed by atoms with Gasteiger partial charge in [-0.3, -0.25) is 0 Å². The van der Waals surface area contributed by atoms with Gasteiger partial charge in [0, 0.05) is 32.4 Å². The van der Waals surface area contributed by atoms with E-state index in [1.807, 2.05) is 18.2 Å². The lowest BCUT2D eigenvalue weighted by Crippen LogP contribution is -2.35. The van der Waals surface area contributed by atoms with E-state index in [9.17, 15) is 0 Å². The van der Waals surface area contributed by atoms with Gasteiger partial charge in [-0.15, -0.1) is 0 Å². The van der Waals surface area contributed by atoms with Gasteiger partial charge in [-0.05, 0) is 52.6 Å². The topological polar surface area (TPSA) is 22.4 Å². The molecule has 8 rings (SSSR count). The van der Waals surface area contributed by atoms with Crippen LogP contribution in [-0.2, 0) is 5.41 Å². The number of benzene rings is 5. The standard InChI is InChI=1S/C33H19BrO2/c34-22-16-15-21-14-13-20-7-1-3-9-25(20)33(27(21)17-22)26-10-4-6-12-30(26)36-32-19-31-24(18-28(32)33)23-8-2-5-11-29(23)35-31/h1-19H. The molecule has 0 saturated heterocycles. The minimum atomic E-state index is -0.573. The highest BCUT2D eigenvalue weighted by Gasteiger charge is 2.48. The monoisotopic (exact) mass is 526 g/mol.